The largest absolute Gasteiger partial charge is 0.478 e. The molecule has 0 aliphatic heterocycles. The summed E-state index contributed by atoms with van der Waals surface area (Å²) in [4.78, 5) is 11.2. The maximum Gasteiger partial charge on any atom is 0.345 e. The van der Waals surface area contributed by atoms with Gasteiger partial charge >= 0.3 is 5.97 Å². The van der Waals surface area contributed by atoms with Gasteiger partial charge in [-0.15, -0.1) is 0 Å². The minimum absolute atomic E-state index is 0.0610. The summed E-state index contributed by atoms with van der Waals surface area (Å²) in [5.41, 5.74) is 0.293. The summed E-state index contributed by atoms with van der Waals surface area (Å²) in [6, 6.07) is 12.4. The molecular formula is C15H12ClFO3. The van der Waals surface area contributed by atoms with Crippen LogP contribution in [0.1, 0.15) is 5.56 Å². The van der Waals surface area contributed by atoms with E-state index in [9.17, 15) is 14.3 Å². The molecule has 3 nitrogen and oxygen atoms in total. The molecule has 0 aromatic heterocycles. The third kappa shape index (κ3) is 3.71. The highest BCUT2D eigenvalue weighted by molar-refractivity contribution is 6.30. The summed E-state index contributed by atoms with van der Waals surface area (Å²) in [5.74, 6) is -1.28. The Kier molecular flexibility index (Phi) is 4.58. The highest BCUT2D eigenvalue weighted by Crippen LogP contribution is 2.20. The molecule has 2 rings (SSSR count). The van der Waals surface area contributed by atoms with Gasteiger partial charge in [0.15, 0.2) is 6.10 Å². The minimum Gasteiger partial charge on any atom is -0.478 e. The first kappa shape index (κ1) is 14.3. The summed E-state index contributed by atoms with van der Waals surface area (Å²) >= 11 is 5.81. The monoisotopic (exact) mass is 294 g/mol. The van der Waals surface area contributed by atoms with Crippen LogP contribution in [0.25, 0.3) is 0 Å². The van der Waals surface area contributed by atoms with Crippen molar-refractivity contribution in [1.29, 1.82) is 0 Å². The second kappa shape index (κ2) is 6.39. The molecule has 0 unspecified atom stereocenters. The maximum absolute atomic E-state index is 13.5. The topological polar surface area (TPSA) is 46.5 Å². The van der Waals surface area contributed by atoms with E-state index in [2.05, 4.69) is 0 Å². The van der Waals surface area contributed by atoms with E-state index in [1.165, 1.54) is 18.2 Å². The Balaban J connectivity index is 2.16. The van der Waals surface area contributed by atoms with Crippen LogP contribution < -0.4 is 4.74 Å². The molecule has 0 saturated carbocycles. The summed E-state index contributed by atoms with van der Waals surface area (Å²) < 4.78 is 18.9. The second-order valence-electron chi connectivity index (χ2n) is 4.20. The molecular weight excluding hydrogens is 283 g/mol. The van der Waals surface area contributed by atoms with Crippen LogP contribution in [-0.4, -0.2) is 17.2 Å². The van der Waals surface area contributed by atoms with Crippen molar-refractivity contribution in [3.8, 4) is 5.75 Å². The Labute approximate surface area is 120 Å². The molecule has 0 aliphatic rings. The molecule has 5 heteroatoms. The fourth-order valence-corrected chi connectivity index (χ4v) is 1.93. The van der Waals surface area contributed by atoms with Gasteiger partial charge in [0, 0.05) is 11.4 Å². The van der Waals surface area contributed by atoms with Gasteiger partial charge in [0.25, 0.3) is 0 Å². The lowest BCUT2D eigenvalue weighted by Crippen LogP contribution is -2.29. The van der Waals surface area contributed by atoms with E-state index in [4.69, 9.17) is 16.3 Å². The van der Waals surface area contributed by atoms with Crippen molar-refractivity contribution >= 4 is 17.6 Å². The number of carboxylic acid groups (broad SMARTS) is 1. The third-order valence-corrected chi connectivity index (χ3v) is 2.95. The Morgan fingerprint density at radius 1 is 1.25 bits per heavy atom. The molecule has 0 heterocycles. The molecule has 0 fully saturated rings. The van der Waals surface area contributed by atoms with Crippen molar-refractivity contribution in [3.63, 3.8) is 0 Å². The van der Waals surface area contributed by atoms with E-state index in [-0.39, 0.29) is 6.42 Å². The minimum atomic E-state index is -1.18. The van der Waals surface area contributed by atoms with Crippen LogP contribution in [0.4, 0.5) is 4.39 Å². The number of carboxylic acids is 1. The van der Waals surface area contributed by atoms with Gasteiger partial charge in [0.1, 0.15) is 11.6 Å². The Morgan fingerprint density at radius 2 is 2.00 bits per heavy atom. The molecule has 20 heavy (non-hydrogen) atoms. The molecule has 0 amide bonds. The number of hydrogen-bond acceptors (Lipinski definition) is 2. The van der Waals surface area contributed by atoms with Crippen molar-refractivity contribution in [2.45, 2.75) is 12.5 Å². The number of hydrogen-bond donors (Lipinski definition) is 1. The first-order valence-corrected chi connectivity index (χ1v) is 6.32. The molecule has 0 bridgehead atoms. The van der Waals surface area contributed by atoms with Crippen LogP contribution in [0.5, 0.6) is 5.75 Å². The number of benzene rings is 2. The zero-order chi connectivity index (χ0) is 14.5. The molecule has 1 atom stereocenters. The Morgan fingerprint density at radius 3 is 2.65 bits per heavy atom. The van der Waals surface area contributed by atoms with Gasteiger partial charge in [-0.25, -0.2) is 9.18 Å². The van der Waals surface area contributed by atoms with Crippen molar-refractivity contribution in [2.75, 3.05) is 0 Å². The van der Waals surface area contributed by atoms with E-state index in [0.717, 1.165) is 0 Å². The van der Waals surface area contributed by atoms with Gasteiger partial charge in [0.2, 0.25) is 0 Å². The van der Waals surface area contributed by atoms with Gasteiger partial charge in [-0.2, -0.15) is 0 Å². The van der Waals surface area contributed by atoms with Crippen molar-refractivity contribution in [2.24, 2.45) is 0 Å². The molecule has 1 N–H and O–H groups in total. The Bertz CT molecular complexity index is 616. The van der Waals surface area contributed by atoms with Gasteiger partial charge in [-0.3, -0.25) is 0 Å². The predicted molar refractivity (Wildman–Crippen MR) is 73.6 cm³/mol. The first-order valence-electron chi connectivity index (χ1n) is 5.94. The Hall–Kier alpha value is -2.07. The lowest BCUT2D eigenvalue weighted by atomic mass is 10.1. The van der Waals surface area contributed by atoms with Gasteiger partial charge in [0.05, 0.1) is 0 Å². The van der Waals surface area contributed by atoms with Gasteiger partial charge in [-0.1, -0.05) is 35.9 Å². The molecule has 0 saturated heterocycles. The number of ether oxygens (including phenoxy) is 1. The fourth-order valence-electron chi connectivity index (χ4n) is 1.75. The standard InChI is InChI=1S/C15H12ClFO3/c16-11-5-3-6-12(9-11)20-14(15(18)19)8-10-4-1-2-7-13(10)17/h1-7,9,14H,8H2,(H,18,19)/t14-/m0/s1. The van der Waals surface area contributed by atoms with Crippen LogP contribution in [0, 0.1) is 5.82 Å². The van der Waals surface area contributed by atoms with Crippen LogP contribution >= 0.6 is 11.6 Å². The zero-order valence-corrected chi connectivity index (χ0v) is 11.2. The molecule has 0 radical (unpaired) electrons. The van der Waals surface area contributed by atoms with E-state index >= 15 is 0 Å². The summed E-state index contributed by atoms with van der Waals surface area (Å²) in [6.07, 6.45) is -1.24. The molecule has 2 aromatic rings. The zero-order valence-electron chi connectivity index (χ0n) is 10.4. The van der Waals surface area contributed by atoms with Crippen LogP contribution in [0.15, 0.2) is 48.5 Å². The number of carbonyl (C=O) groups is 1. The predicted octanol–water partition coefficient (Wildman–Crippen LogP) is 3.55. The lowest BCUT2D eigenvalue weighted by molar-refractivity contribution is -0.145. The van der Waals surface area contributed by atoms with E-state index in [1.807, 2.05) is 0 Å². The summed E-state index contributed by atoms with van der Waals surface area (Å²) in [5, 5.41) is 9.62. The van der Waals surface area contributed by atoms with Crippen LogP contribution in [0.3, 0.4) is 0 Å². The number of aliphatic carboxylic acids is 1. The first-order chi connectivity index (χ1) is 9.56. The number of halogens is 2. The van der Waals surface area contributed by atoms with Gasteiger partial charge < -0.3 is 9.84 Å². The van der Waals surface area contributed by atoms with Crippen molar-refractivity contribution in [3.05, 3.63) is 64.9 Å². The summed E-state index contributed by atoms with van der Waals surface area (Å²) in [7, 11) is 0. The van der Waals surface area contributed by atoms with Crippen molar-refractivity contribution in [1.82, 2.24) is 0 Å². The molecule has 104 valence electrons. The average Bonchev–Trinajstić information content (AvgIpc) is 2.40. The number of rotatable bonds is 5. The van der Waals surface area contributed by atoms with E-state index < -0.39 is 17.9 Å². The smallest absolute Gasteiger partial charge is 0.345 e. The second-order valence-corrected chi connectivity index (χ2v) is 4.63. The lowest BCUT2D eigenvalue weighted by Gasteiger charge is -2.15. The molecule has 0 spiro atoms. The van der Waals surface area contributed by atoms with Crippen LogP contribution in [0.2, 0.25) is 5.02 Å². The quantitative estimate of drug-likeness (QED) is 0.917. The normalized spacial score (nSPS) is 11.9. The molecule has 0 aliphatic carbocycles. The van der Waals surface area contributed by atoms with Gasteiger partial charge in [-0.05, 0) is 29.8 Å². The highest BCUT2D eigenvalue weighted by atomic mass is 35.5. The molecule has 2 aromatic carbocycles. The van der Waals surface area contributed by atoms with E-state index in [1.54, 1.807) is 30.3 Å². The van der Waals surface area contributed by atoms with E-state index in [0.29, 0.717) is 16.3 Å². The summed E-state index contributed by atoms with van der Waals surface area (Å²) in [6.45, 7) is 0. The fraction of sp³-hybridized carbons (Fsp3) is 0.133. The third-order valence-electron chi connectivity index (χ3n) is 2.71. The maximum atomic E-state index is 13.5. The average molecular weight is 295 g/mol. The highest BCUT2D eigenvalue weighted by Gasteiger charge is 2.21. The van der Waals surface area contributed by atoms with Crippen LogP contribution in [-0.2, 0) is 11.2 Å². The van der Waals surface area contributed by atoms with Crippen molar-refractivity contribution < 1.29 is 19.0 Å². The SMILES string of the molecule is O=C(O)[C@H](Cc1ccccc1F)Oc1cccc(Cl)c1.